The first-order valence-electron chi connectivity index (χ1n) is 12.8. The van der Waals surface area contributed by atoms with Crippen molar-refractivity contribution in [3.05, 3.63) is 59.4 Å². The van der Waals surface area contributed by atoms with E-state index in [4.69, 9.17) is 4.74 Å². The van der Waals surface area contributed by atoms with E-state index in [9.17, 15) is 4.79 Å². The molecule has 1 saturated heterocycles. The lowest BCUT2D eigenvalue weighted by Crippen LogP contribution is -2.43. The van der Waals surface area contributed by atoms with Gasteiger partial charge in [-0.05, 0) is 67.3 Å². The molecule has 0 N–H and O–H groups in total. The number of nitrogens with zero attached hydrogens (tertiary/aromatic N) is 3. The summed E-state index contributed by atoms with van der Waals surface area (Å²) in [7, 11) is 0. The third-order valence-corrected chi connectivity index (χ3v) is 7.14. The summed E-state index contributed by atoms with van der Waals surface area (Å²) in [5, 5.41) is 0. The number of aromatic nitrogens is 1. The molecule has 0 aliphatic carbocycles. The summed E-state index contributed by atoms with van der Waals surface area (Å²) in [5.74, 6) is 1.80. The number of aryl methyl sites for hydroxylation is 1. The first-order chi connectivity index (χ1) is 16.2. The van der Waals surface area contributed by atoms with Gasteiger partial charge in [0.05, 0.1) is 13.2 Å². The van der Waals surface area contributed by atoms with E-state index in [0.717, 1.165) is 82.6 Å². The van der Waals surface area contributed by atoms with Gasteiger partial charge in [0.15, 0.2) is 0 Å². The van der Waals surface area contributed by atoms with Crippen LogP contribution in [0.25, 0.3) is 0 Å². The van der Waals surface area contributed by atoms with Gasteiger partial charge in [-0.15, -0.1) is 0 Å². The van der Waals surface area contributed by atoms with Crippen LogP contribution < -0.4 is 4.74 Å². The molecule has 2 aliphatic rings. The lowest BCUT2D eigenvalue weighted by atomic mass is 9.93. The Balaban J connectivity index is 1.46. The number of fused-ring (bicyclic) bond motifs is 1. The number of unbranched alkanes of at least 4 members (excludes halogenated alkanes) is 1. The molecule has 0 bridgehead atoms. The van der Waals surface area contributed by atoms with Crippen molar-refractivity contribution in [1.82, 2.24) is 14.8 Å². The summed E-state index contributed by atoms with van der Waals surface area (Å²) in [6.07, 6.45) is 9.18. The Labute approximate surface area is 199 Å². The Morgan fingerprint density at radius 3 is 2.88 bits per heavy atom. The number of rotatable bonds is 11. The summed E-state index contributed by atoms with van der Waals surface area (Å²) in [5.41, 5.74) is 3.87. The standard InChI is InChI=1S/C28H39N3O2/c1-3-5-16-30(15-4-2)28(32)21-31-20-24(22-9-12-27-23(18-22)13-17-33-27)19-26(31)11-10-25-8-6-7-14-29-25/h6-9,12,14,18,24,26H,3-5,10-11,13,15-17,19-21H2,1-2H3. The van der Waals surface area contributed by atoms with Crippen molar-refractivity contribution in [2.24, 2.45) is 0 Å². The van der Waals surface area contributed by atoms with Gasteiger partial charge in [0.2, 0.25) is 5.91 Å². The SMILES string of the molecule is CCCCN(CCC)C(=O)CN1CC(c2ccc3c(c2)CCO3)CC1CCc1ccccn1. The number of likely N-dealkylation sites (tertiary alicyclic amines) is 1. The zero-order valence-electron chi connectivity index (χ0n) is 20.3. The molecular formula is C28H39N3O2. The molecule has 2 aromatic rings. The summed E-state index contributed by atoms with van der Waals surface area (Å²) in [6.45, 7) is 8.36. The maximum absolute atomic E-state index is 13.3. The van der Waals surface area contributed by atoms with E-state index in [1.165, 1.54) is 11.1 Å². The van der Waals surface area contributed by atoms with Crippen LogP contribution in [0.5, 0.6) is 5.75 Å². The lowest BCUT2D eigenvalue weighted by Gasteiger charge is -2.28. The Morgan fingerprint density at radius 1 is 1.18 bits per heavy atom. The third-order valence-electron chi connectivity index (χ3n) is 7.14. The van der Waals surface area contributed by atoms with Crippen LogP contribution in [0, 0.1) is 0 Å². The van der Waals surface area contributed by atoms with Crippen LogP contribution in [-0.2, 0) is 17.6 Å². The van der Waals surface area contributed by atoms with E-state index in [1.54, 1.807) is 0 Å². The molecule has 3 heterocycles. The number of hydrogen-bond acceptors (Lipinski definition) is 4. The van der Waals surface area contributed by atoms with Gasteiger partial charge in [-0.1, -0.05) is 38.5 Å². The second-order valence-corrected chi connectivity index (χ2v) is 9.58. The van der Waals surface area contributed by atoms with E-state index >= 15 is 0 Å². The number of carbonyl (C=O) groups is 1. The minimum atomic E-state index is 0.288. The van der Waals surface area contributed by atoms with Crippen molar-refractivity contribution < 1.29 is 9.53 Å². The molecule has 178 valence electrons. The minimum absolute atomic E-state index is 0.288. The number of ether oxygens (including phenoxy) is 1. The van der Waals surface area contributed by atoms with E-state index < -0.39 is 0 Å². The molecule has 2 aliphatic heterocycles. The van der Waals surface area contributed by atoms with Gasteiger partial charge < -0.3 is 9.64 Å². The average Bonchev–Trinajstić information content (AvgIpc) is 3.47. The van der Waals surface area contributed by atoms with Gasteiger partial charge in [0.25, 0.3) is 0 Å². The molecular weight excluding hydrogens is 410 g/mol. The second kappa shape index (κ2) is 11.6. The van der Waals surface area contributed by atoms with E-state index in [0.29, 0.717) is 18.5 Å². The fourth-order valence-corrected chi connectivity index (χ4v) is 5.29. The zero-order chi connectivity index (χ0) is 23.0. The van der Waals surface area contributed by atoms with Gasteiger partial charge >= 0.3 is 0 Å². The zero-order valence-corrected chi connectivity index (χ0v) is 20.3. The van der Waals surface area contributed by atoms with Crippen LogP contribution in [0.3, 0.4) is 0 Å². The first-order valence-corrected chi connectivity index (χ1v) is 12.8. The van der Waals surface area contributed by atoms with Crippen LogP contribution in [0.15, 0.2) is 42.6 Å². The Morgan fingerprint density at radius 2 is 2.09 bits per heavy atom. The normalized spacial score (nSPS) is 19.9. The molecule has 1 amide bonds. The van der Waals surface area contributed by atoms with Crippen molar-refractivity contribution in [3.8, 4) is 5.75 Å². The number of benzene rings is 1. The molecule has 0 radical (unpaired) electrons. The molecule has 1 aromatic heterocycles. The molecule has 0 saturated carbocycles. The monoisotopic (exact) mass is 449 g/mol. The highest BCUT2D eigenvalue weighted by atomic mass is 16.5. The molecule has 0 spiro atoms. The summed E-state index contributed by atoms with van der Waals surface area (Å²) in [6, 6.07) is 13.3. The van der Waals surface area contributed by atoms with Gasteiger partial charge in [0.1, 0.15) is 5.75 Å². The van der Waals surface area contributed by atoms with Crippen LogP contribution in [-0.4, -0.2) is 59.5 Å². The van der Waals surface area contributed by atoms with Crippen molar-refractivity contribution in [1.29, 1.82) is 0 Å². The molecule has 1 aromatic carbocycles. The van der Waals surface area contributed by atoms with Gasteiger partial charge in [-0.3, -0.25) is 14.7 Å². The van der Waals surface area contributed by atoms with E-state index in [1.807, 2.05) is 12.3 Å². The number of amides is 1. The largest absolute Gasteiger partial charge is 0.493 e. The molecule has 2 atom stereocenters. The third kappa shape index (κ3) is 6.14. The Kier molecular flexibility index (Phi) is 8.38. The smallest absolute Gasteiger partial charge is 0.236 e. The fourth-order valence-electron chi connectivity index (χ4n) is 5.29. The maximum Gasteiger partial charge on any atom is 0.236 e. The minimum Gasteiger partial charge on any atom is -0.493 e. The van der Waals surface area contributed by atoms with Gasteiger partial charge in [-0.2, -0.15) is 0 Å². The highest BCUT2D eigenvalue weighted by molar-refractivity contribution is 5.78. The van der Waals surface area contributed by atoms with Crippen molar-refractivity contribution in [2.45, 2.75) is 70.8 Å². The van der Waals surface area contributed by atoms with Gasteiger partial charge in [-0.25, -0.2) is 0 Å². The topological polar surface area (TPSA) is 45.7 Å². The number of pyridine rings is 1. The second-order valence-electron chi connectivity index (χ2n) is 9.58. The molecule has 5 nitrogen and oxygen atoms in total. The average molecular weight is 450 g/mol. The summed E-state index contributed by atoms with van der Waals surface area (Å²) >= 11 is 0. The van der Waals surface area contributed by atoms with Crippen molar-refractivity contribution in [2.75, 3.05) is 32.8 Å². The molecule has 33 heavy (non-hydrogen) atoms. The summed E-state index contributed by atoms with van der Waals surface area (Å²) < 4.78 is 5.71. The number of carbonyl (C=O) groups excluding carboxylic acids is 1. The Hall–Kier alpha value is -2.40. The number of hydrogen-bond donors (Lipinski definition) is 0. The van der Waals surface area contributed by atoms with Crippen molar-refractivity contribution in [3.63, 3.8) is 0 Å². The fraction of sp³-hybridized carbons (Fsp3) is 0.571. The summed E-state index contributed by atoms with van der Waals surface area (Å²) in [4.78, 5) is 22.3. The lowest BCUT2D eigenvalue weighted by molar-refractivity contribution is -0.132. The van der Waals surface area contributed by atoms with Gasteiger partial charge in [0, 0.05) is 44.0 Å². The predicted octanol–water partition coefficient (Wildman–Crippen LogP) is 4.85. The van der Waals surface area contributed by atoms with Crippen molar-refractivity contribution >= 4 is 5.91 Å². The molecule has 2 unspecified atom stereocenters. The van der Waals surface area contributed by atoms with Crippen LogP contribution >= 0.6 is 0 Å². The Bertz CT molecular complexity index is 901. The highest BCUT2D eigenvalue weighted by Gasteiger charge is 2.35. The first kappa shape index (κ1) is 23.7. The quantitative estimate of drug-likeness (QED) is 0.492. The maximum atomic E-state index is 13.3. The van der Waals surface area contributed by atoms with Crippen LogP contribution in [0.2, 0.25) is 0 Å². The predicted molar refractivity (Wildman–Crippen MR) is 133 cm³/mol. The van der Waals surface area contributed by atoms with E-state index in [-0.39, 0.29) is 5.91 Å². The molecule has 4 rings (SSSR count). The van der Waals surface area contributed by atoms with E-state index in [2.05, 4.69) is 59.0 Å². The molecule has 1 fully saturated rings. The van der Waals surface area contributed by atoms with Crippen LogP contribution in [0.1, 0.15) is 68.7 Å². The molecule has 5 heteroatoms. The highest BCUT2D eigenvalue weighted by Crippen LogP contribution is 2.36. The van der Waals surface area contributed by atoms with Crippen LogP contribution in [0.4, 0.5) is 0 Å².